The topological polar surface area (TPSA) is 89.1 Å². The summed E-state index contributed by atoms with van der Waals surface area (Å²) in [5.41, 5.74) is 10.1. The van der Waals surface area contributed by atoms with Crippen LogP contribution in [0.2, 0.25) is 0 Å². The number of methoxy groups -OCH3 is 2. The van der Waals surface area contributed by atoms with E-state index in [2.05, 4.69) is 10.3 Å². The Morgan fingerprint density at radius 2 is 1.96 bits per heavy atom. The van der Waals surface area contributed by atoms with Crippen molar-refractivity contribution in [2.75, 3.05) is 19.5 Å². The average molecular weight is 355 g/mol. The zero-order valence-corrected chi connectivity index (χ0v) is 15.2. The Kier molecular flexibility index (Phi) is 5.51. The van der Waals surface area contributed by atoms with Crippen LogP contribution in [-0.4, -0.2) is 25.3 Å². The third-order valence-electron chi connectivity index (χ3n) is 4.70. The Morgan fingerprint density at radius 1 is 1.15 bits per heavy atom. The van der Waals surface area contributed by atoms with E-state index in [1.807, 2.05) is 12.1 Å². The van der Waals surface area contributed by atoms with E-state index in [-0.39, 0.29) is 11.7 Å². The molecule has 26 heavy (non-hydrogen) atoms. The SMILES string of the molecule is COc1ccc(OC)c(NC(N)=NCc2c(O)ccc3c2CCCC3)c1. The molecule has 2 aromatic carbocycles. The fourth-order valence-corrected chi connectivity index (χ4v) is 3.32. The highest BCUT2D eigenvalue weighted by atomic mass is 16.5. The molecule has 0 amide bonds. The number of aryl methyl sites for hydroxylation is 1. The molecule has 0 fully saturated rings. The lowest BCUT2D eigenvalue weighted by atomic mass is 9.88. The predicted octanol–water partition coefficient (Wildman–Crippen LogP) is 3.22. The van der Waals surface area contributed by atoms with Gasteiger partial charge in [0.2, 0.25) is 0 Å². The highest BCUT2D eigenvalue weighted by Crippen LogP contribution is 2.31. The second-order valence-electron chi connectivity index (χ2n) is 6.30. The molecule has 0 radical (unpaired) electrons. The van der Waals surface area contributed by atoms with E-state index < -0.39 is 0 Å². The van der Waals surface area contributed by atoms with Crippen molar-refractivity contribution in [2.45, 2.75) is 32.2 Å². The number of nitrogens with one attached hydrogen (secondary N) is 1. The van der Waals surface area contributed by atoms with E-state index in [4.69, 9.17) is 15.2 Å². The zero-order valence-electron chi connectivity index (χ0n) is 15.2. The first-order chi connectivity index (χ1) is 12.6. The van der Waals surface area contributed by atoms with Gasteiger partial charge in [0, 0.05) is 11.6 Å². The largest absolute Gasteiger partial charge is 0.508 e. The number of fused-ring (bicyclic) bond motifs is 1. The van der Waals surface area contributed by atoms with Crippen molar-refractivity contribution in [2.24, 2.45) is 10.7 Å². The van der Waals surface area contributed by atoms with Crippen molar-refractivity contribution >= 4 is 11.6 Å². The normalized spacial score (nSPS) is 13.8. The first-order valence-corrected chi connectivity index (χ1v) is 8.74. The van der Waals surface area contributed by atoms with Gasteiger partial charge in [-0.3, -0.25) is 0 Å². The van der Waals surface area contributed by atoms with Crippen LogP contribution in [0, 0.1) is 0 Å². The van der Waals surface area contributed by atoms with Crippen LogP contribution in [0.5, 0.6) is 17.2 Å². The lowest BCUT2D eigenvalue weighted by Crippen LogP contribution is -2.23. The molecule has 2 aromatic rings. The Hall–Kier alpha value is -2.89. The molecular formula is C20H25N3O3. The molecule has 1 aliphatic carbocycles. The van der Waals surface area contributed by atoms with Gasteiger partial charge in [-0.25, -0.2) is 4.99 Å². The number of anilines is 1. The summed E-state index contributed by atoms with van der Waals surface area (Å²) in [5.74, 6) is 1.87. The summed E-state index contributed by atoms with van der Waals surface area (Å²) in [4.78, 5) is 4.42. The lowest BCUT2D eigenvalue weighted by molar-refractivity contribution is 0.405. The van der Waals surface area contributed by atoms with Gasteiger partial charge in [0.05, 0.1) is 26.5 Å². The van der Waals surface area contributed by atoms with Crippen molar-refractivity contribution in [3.05, 3.63) is 47.0 Å². The maximum absolute atomic E-state index is 10.3. The van der Waals surface area contributed by atoms with Crippen molar-refractivity contribution in [3.63, 3.8) is 0 Å². The molecule has 6 nitrogen and oxygen atoms in total. The summed E-state index contributed by atoms with van der Waals surface area (Å²) in [5, 5.41) is 13.3. The minimum Gasteiger partial charge on any atom is -0.508 e. The maximum atomic E-state index is 10.3. The van der Waals surface area contributed by atoms with Crippen molar-refractivity contribution in [3.8, 4) is 17.2 Å². The fourth-order valence-electron chi connectivity index (χ4n) is 3.32. The fraction of sp³-hybridized carbons (Fsp3) is 0.350. The van der Waals surface area contributed by atoms with Gasteiger partial charge in [0.1, 0.15) is 17.2 Å². The molecule has 138 valence electrons. The van der Waals surface area contributed by atoms with E-state index in [0.29, 0.717) is 23.7 Å². The Bertz CT molecular complexity index is 818. The number of phenolic OH excluding ortho intramolecular Hbond substituents is 1. The smallest absolute Gasteiger partial charge is 0.193 e. The van der Waals surface area contributed by atoms with Gasteiger partial charge >= 0.3 is 0 Å². The third kappa shape index (κ3) is 3.85. The molecular weight excluding hydrogens is 330 g/mol. The Balaban J connectivity index is 1.80. The van der Waals surface area contributed by atoms with Gasteiger partial charge in [-0.05, 0) is 55.0 Å². The number of nitrogens with zero attached hydrogens (tertiary/aromatic N) is 1. The number of ether oxygens (including phenoxy) is 2. The summed E-state index contributed by atoms with van der Waals surface area (Å²) in [6, 6.07) is 9.17. The van der Waals surface area contributed by atoms with Crippen LogP contribution in [-0.2, 0) is 19.4 Å². The molecule has 0 saturated carbocycles. The number of benzene rings is 2. The number of nitrogens with two attached hydrogens (primary N) is 1. The molecule has 0 atom stereocenters. The van der Waals surface area contributed by atoms with Crippen LogP contribution in [0.3, 0.4) is 0 Å². The zero-order chi connectivity index (χ0) is 18.5. The van der Waals surface area contributed by atoms with E-state index >= 15 is 0 Å². The summed E-state index contributed by atoms with van der Waals surface area (Å²) in [6.07, 6.45) is 4.37. The third-order valence-corrected chi connectivity index (χ3v) is 4.70. The van der Waals surface area contributed by atoms with Crippen molar-refractivity contribution in [1.29, 1.82) is 0 Å². The number of phenols is 1. The van der Waals surface area contributed by atoms with E-state index in [1.54, 1.807) is 32.4 Å². The monoisotopic (exact) mass is 355 g/mol. The molecule has 6 heteroatoms. The number of aromatic hydroxyl groups is 1. The molecule has 0 aliphatic heterocycles. The lowest BCUT2D eigenvalue weighted by Gasteiger charge is -2.19. The second kappa shape index (κ2) is 7.99. The molecule has 4 N–H and O–H groups in total. The van der Waals surface area contributed by atoms with Crippen LogP contribution in [0.4, 0.5) is 5.69 Å². The van der Waals surface area contributed by atoms with Gasteiger partial charge in [-0.2, -0.15) is 0 Å². The molecule has 0 saturated heterocycles. The number of aliphatic imine (C=N–C) groups is 1. The molecule has 0 bridgehead atoms. The highest BCUT2D eigenvalue weighted by molar-refractivity contribution is 5.94. The second-order valence-corrected chi connectivity index (χ2v) is 6.30. The number of rotatable bonds is 5. The summed E-state index contributed by atoms with van der Waals surface area (Å²) < 4.78 is 10.6. The van der Waals surface area contributed by atoms with Gasteiger partial charge in [0.25, 0.3) is 0 Å². The summed E-state index contributed by atoms with van der Waals surface area (Å²) in [6.45, 7) is 0.333. The number of hydrogen-bond acceptors (Lipinski definition) is 4. The van der Waals surface area contributed by atoms with Gasteiger partial charge < -0.3 is 25.6 Å². The van der Waals surface area contributed by atoms with E-state index in [9.17, 15) is 5.11 Å². The van der Waals surface area contributed by atoms with Crippen molar-refractivity contribution < 1.29 is 14.6 Å². The van der Waals surface area contributed by atoms with Crippen LogP contribution in [0.1, 0.15) is 29.5 Å². The summed E-state index contributed by atoms with van der Waals surface area (Å²) >= 11 is 0. The minimum atomic E-state index is 0.254. The predicted molar refractivity (Wildman–Crippen MR) is 103 cm³/mol. The Labute approximate surface area is 153 Å². The van der Waals surface area contributed by atoms with Gasteiger partial charge in [-0.1, -0.05) is 6.07 Å². The number of hydrogen-bond donors (Lipinski definition) is 3. The standard InChI is InChI=1S/C20H25N3O3/c1-25-14-8-10-19(26-2)17(11-14)23-20(21)22-12-16-15-6-4-3-5-13(15)7-9-18(16)24/h7-11,24H,3-6,12H2,1-2H3,(H3,21,22,23). The summed E-state index contributed by atoms with van der Waals surface area (Å²) in [7, 11) is 3.19. The van der Waals surface area contributed by atoms with Gasteiger partial charge in [-0.15, -0.1) is 0 Å². The van der Waals surface area contributed by atoms with E-state index in [1.165, 1.54) is 17.5 Å². The first kappa shape index (κ1) is 17.9. The quantitative estimate of drug-likeness (QED) is 0.566. The molecule has 0 unspecified atom stereocenters. The van der Waals surface area contributed by atoms with Crippen molar-refractivity contribution in [1.82, 2.24) is 0 Å². The molecule has 0 spiro atoms. The Morgan fingerprint density at radius 3 is 2.73 bits per heavy atom. The molecule has 0 aromatic heterocycles. The van der Waals surface area contributed by atoms with Crippen LogP contribution in [0.15, 0.2) is 35.3 Å². The average Bonchev–Trinajstić information content (AvgIpc) is 2.67. The molecule has 1 aliphatic rings. The van der Waals surface area contributed by atoms with Crippen LogP contribution >= 0.6 is 0 Å². The van der Waals surface area contributed by atoms with Gasteiger partial charge in [0.15, 0.2) is 5.96 Å². The maximum Gasteiger partial charge on any atom is 0.193 e. The van der Waals surface area contributed by atoms with E-state index in [0.717, 1.165) is 24.8 Å². The van der Waals surface area contributed by atoms with Crippen LogP contribution in [0.25, 0.3) is 0 Å². The molecule has 3 rings (SSSR count). The molecule has 0 heterocycles. The highest BCUT2D eigenvalue weighted by Gasteiger charge is 2.16. The first-order valence-electron chi connectivity index (χ1n) is 8.74. The number of guanidine groups is 1. The van der Waals surface area contributed by atoms with Crippen LogP contribution < -0.4 is 20.5 Å². The minimum absolute atomic E-state index is 0.254.